The van der Waals surface area contributed by atoms with Crippen LogP contribution in [0.2, 0.25) is 0 Å². The van der Waals surface area contributed by atoms with Gasteiger partial charge in [0.2, 0.25) is 4.80 Å². The third-order valence-corrected chi connectivity index (χ3v) is 6.22. The minimum absolute atomic E-state index is 0.383. The normalized spacial score (nSPS) is 12.0. The summed E-state index contributed by atoms with van der Waals surface area (Å²) in [6.45, 7) is 0.544. The van der Waals surface area contributed by atoms with Crippen LogP contribution in [-0.2, 0) is 6.54 Å². The summed E-state index contributed by atoms with van der Waals surface area (Å²) in [6, 6.07) is 27.0. The molecule has 0 atom stereocenters. The van der Waals surface area contributed by atoms with Crippen LogP contribution in [0.15, 0.2) is 110 Å². The summed E-state index contributed by atoms with van der Waals surface area (Å²) in [5, 5.41) is 11.6. The zero-order valence-corrected chi connectivity index (χ0v) is 19.2. The number of aromatic nitrogens is 1. The summed E-state index contributed by atoms with van der Waals surface area (Å²) in [4.78, 5) is 13.5. The van der Waals surface area contributed by atoms with Crippen molar-refractivity contribution in [3.8, 4) is 17.0 Å². The first kappa shape index (κ1) is 21.6. The molecule has 0 aliphatic carbocycles. The van der Waals surface area contributed by atoms with Crippen molar-refractivity contribution in [3.05, 3.63) is 117 Å². The van der Waals surface area contributed by atoms with Gasteiger partial charge in [-0.3, -0.25) is 0 Å². The monoisotopic (exact) mass is 467 g/mol. The largest absolute Gasteiger partial charge is 0.497 e. The molecule has 0 unspecified atom stereocenters. The number of benzene rings is 3. The van der Waals surface area contributed by atoms with Gasteiger partial charge in [-0.05, 0) is 47.5 Å². The molecule has 168 valence electrons. The SMILES string of the molecule is COc1ccc(/C=N/N=c2\scc(-c3cc4ccccc4oc3=O)n2Cc2ccccc2)cc1. The van der Waals surface area contributed by atoms with Crippen LogP contribution in [0.5, 0.6) is 5.75 Å². The molecule has 0 bridgehead atoms. The smallest absolute Gasteiger partial charge is 0.345 e. The lowest BCUT2D eigenvalue weighted by molar-refractivity contribution is 0.415. The number of rotatable bonds is 6. The summed E-state index contributed by atoms with van der Waals surface area (Å²) in [5.74, 6) is 0.784. The second-order valence-corrected chi connectivity index (χ2v) is 8.41. The fraction of sp³-hybridized carbons (Fsp3) is 0.0741. The Morgan fingerprint density at radius 2 is 1.76 bits per heavy atom. The predicted octanol–water partition coefficient (Wildman–Crippen LogP) is 5.31. The lowest BCUT2D eigenvalue weighted by atomic mass is 10.1. The highest BCUT2D eigenvalue weighted by Crippen LogP contribution is 2.22. The highest BCUT2D eigenvalue weighted by atomic mass is 32.1. The highest BCUT2D eigenvalue weighted by molar-refractivity contribution is 7.07. The minimum atomic E-state index is -0.383. The molecule has 34 heavy (non-hydrogen) atoms. The number of thiazole rings is 1. The van der Waals surface area contributed by atoms with E-state index < -0.39 is 0 Å². The Balaban J connectivity index is 1.59. The van der Waals surface area contributed by atoms with Gasteiger partial charge in [-0.2, -0.15) is 5.10 Å². The van der Waals surface area contributed by atoms with E-state index in [1.807, 2.05) is 88.8 Å². The Bertz CT molecular complexity index is 1580. The maximum atomic E-state index is 12.9. The number of methoxy groups -OCH3 is 1. The van der Waals surface area contributed by atoms with E-state index in [2.05, 4.69) is 10.2 Å². The van der Waals surface area contributed by atoms with E-state index in [-0.39, 0.29) is 5.63 Å². The predicted molar refractivity (Wildman–Crippen MR) is 135 cm³/mol. The van der Waals surface area contributed by atoms with E-state index in [1.54, 1.807) is 19.4 Å². The molecule has 0 fully saturated rings. The maximum Gasteiger partial charge on any atom is 0.345 e. The first-order valence-corrected chi connectivity index (χ1v) is 11.6. The average molecular weight is 468 g/mol. The van der Waals surface area contributed by atoms with Gasteiger partial charge in [-0.1, -0.05) is 48.5 Å². The fourth-order valence-corrected chi connectivity index (χ4v) is 4.48. The summed E-state index contributed by atoms with van der Waals surface area (Å²) >= 11 is 1.43. The van der Waals surface area contributed by atoms with Gasteiger partial charge in [0.15, 0.2) is 0 Å². The van der Waals surface area contributed by atoms with Crippen LogP contribution < -0.4 is 15.2 Å². The van der Waals surface area contributed by atoms with Crippen LogP contribution in [0.3, 0.4) is 0 Å². The summed E-state index contributed by atoms with van der Waals surface area (Å²) in [5.41, 5.74) is 3.42. The first-order valence-electron chi connectivity index (χ1n) is 10.7. The standard InChI is InChI=1S/C27H21N3O3S/c1-32-22-13-11-19(12-14-22)16-28-29-27-30(17-20-7-3-2-4-8-20)24(18-34-27)23-15-21-9-5-6-10-25(21)33-26(23)31/h2-16,18H,17H2,1H3/b28-16+,29-27-. The summed E-state index contributed by atoms with van der Waals surface area (Å²) in [6.07, 6.45) is 1.69. The number of hydrogen-bond donors (Lipinski definition) is 0. The Hall–Kier alpha value is -4.23. The molecular formula is C27H21N3O3S. The van der Waals surface area contributed by atoms with E-state index in [9.17, 15) is 4.79 Å². The van der Waals surface area contributed by atoms with Crippen molar-refractivity contribution < 1.29 is 9.15 Å². The maximum absolute atomic E-state index is 12.9. The van der Waals surface area contributed by atoms with E-state index in [1.165, 1.54) is 11.3 Å². The van der Waals surface area contributed by atoms with Crippen molar-refractivity contribution in [1.29, 1.82) is 0 Å². The molecule has 0 radical (unpaired) electrons. The fourth-order valence-electron chi connectivity index (χ4n) is 3.62. The van der Waals surface area contributed by atoms with Gasteiger partial charge >= 0.3 is 5.63 Å². The highest BCUT2D eigenvalue weighted by Gasteiger charge is 2.14. The topological polar surface area (TPSA) is 69.1 Å². The molecule has 6 nitrogen and oxygen atoms in total. The molecular weight excluding hydrogens is 446 g/mol. The molecule has 0 amide bonds. The van der Waals surface area contributed by atoms with Gasteiger partial charge in [0, 0.05) is 10.8 Å². The average Bonchev–Trinajstić information content (AvgIpc) is 3.26. The zero-order chi connectivity index (χ0) is 23.3. The number of nitrogens with zero attached hydrogens (tertiary/aromatic N) is 3. The molecule has 3 aromatic carbocycles. The lowest BCUT2D eigenvalue weighted by Gasteiger charge is -2.09. The molecule has 5 rings (SSSR count). The molecule has 0 spiro atoms. The van der Waals surface area contributed by atoms with E-state index >= 15 is 0 Å². The second-order valence-electron chi connectivity index (χ2n) is 7.58. The van der Waals surface area contributed by atoms with Crippen molar-refractivity contribution in [2.24, 2.45) is 10.2 Å². The minimum Gasteiger partial charge on any atom is -0.497 e. The van der Waals surface area contributed by atoms with Crippen molar-refractivity contribution in [2.45, 2.75) is 6.54 Å². The van der Waals surface area contributed by atoms with E-state index in [0.29, 0.717) is 22.5 Å². The van der Waals surface area contributed by atoms with Gasteiger partial charge in [-0.25, -0.2) is 4.79 Å². The molecule has 2 heterocycles. The zero-order valence-electron chi connectivity index (χ0n) is 18.4. The molecule has 0 aliphatic heterocycles. The first-order chi connectivity index (χ1) is 16.7. The Morgan fingerprint density at radius 1 is 1.00 bits per heavy atom. The van der Waals surface area contributed by atoms with Crippen molar-refractivity contribution in [3.63, 3.8) is 0 Å². The third-order valence-electron chi connectivity index (χ3n) is 5.36. The number of fused-ring (bicyclic) bond motifs is 1. The number of hydrogen-bond acceptors (Lipinski definition) is 6. The van der Waals surface area contributed by atoms with Gasteiger partial charge < -0.3 is 13.7 Å². The van der Waals surface area contributed by atoms with Crippen molar-refractivity contribution >= 4 is 28.5 Å². The van der Waals surface area contributed by atoms with Crippen LogP contribution in [0, 0.1) is 0 Å². The number of para-hydroxylation sites is 1. The van der Waals surface area contributed by atoms with Gasteiger partial charge in [-0.15, -0.1) is 16.4 Å². The summed E-state index contributed by atoms with van der Waals surface area (Å²) in [7, 11) is 1.63. The molecule has 5 aromatic rings. The van der Waals surface area contributed by atoms with E-state index in [4.69, 9.17) is 9.15 Å². The second kappa shape index (κ2) is 9.72. The molecule has 0 aliphatic rings. The van der Waals surface area contributed by atoms with Crippen molar-refractivity contribution in [2.75, 3.05) is 7.11 Å². The Kier molecular flexibility index (Phi) is 6.18. The van der Waals surface area contributed by atoms with Gasteiger partial charge in [0.05, 0.1) is 31.1 Å². The molecule has 7 heteroatoms. The molecule has 0 saturated heterocycles. The third kappa shape index (κ3) is 4.60. The molecule has 2 aromatic heterocycles. The van der Waals surface area contributed by atoms with Crippen LogP contribution in [0.1, 0.15) is 11.1 Å². The van der Waals surface area contributed by atoms with Crippen molar-refractivity contribution in [1.82, 2.24) is 4.57 Å². The van der Waals surface area contributed by atoms with Gasteiger partial charge in [0.25, 0.3) is 0 Å². The molecule has 0 N–H and O–H groups in total. The molecule has 0 saturated carbocycles. The Labute approximate surface area is 199 Å². The Morgan fingerprint density at radius 3 is 2.56 bits per heavy atom. The quantitative estimate of drug-likeness (QED) is 0.193. The van der Waals surface area contributed by atoms with Crippen LogP contribution in [0.25, 0.3) is 22.2 Å². The number of ether oxygens (including phenoxy) is 1. The summed E-state index contributed by atoms with van der Waals surface area (Å²) < 4.78 is 12.8. The lowest BCUT2D eigenvalue weighted by Crippen LogP contribution is -2.18. The van der Waals surface area contributed by atoms with E-state index in [0.717, 1.165) is 28.0 Å². The van der Waals surface area contributed by atoms with Crippen LogP contribution in [0.4, 0.5) is 0 Å². The van der Waals surface area contributed by atoms with Crippen LogP contribution >= 0.6 is 11.3 Å². The van der Waals surface area contributed by atoms with Gasteiger partial charge in [0.1, 0.15) is 11.3 Å². The van der Waals surface area contributed by atoms with Crippen LogP contribution in [-0.4, -0.2) is 17.9 Å².